The molecule has 0 aliphatic heterocycles. The Morgan fingerprint density at radius 3 is 2.74 bits per heavy atom. The zero-order valence-electron chi connectivity index (χ0n) is 11.2. The van der Waals surface area contributed by atoms with E-state index in [2.05, 4.69) is 10.1 Å². The second-order valence-corrected chi connectivity index (χ2v) is 4.84. The van der Waals surface area contributed by atoms with Crippen LogP contribution in [0.2, 0.25) is 0 Å². The van der Waals surface area contributed by atoms with Gasteiger partial charge in [-0.05, 0) is 27.0 Å². The topological polar surface area (TPSA) is 76.5 Å². The highest BCUT2D eigenvalue weighted by molar-refractivity contribution is 7.98. The number of hydrogen-bond donors (Lipinski definition) is 1. The molecule has 0 atom stereocenters. The van der Waals surface area contributed by atoms with Gasteiger partial charge in [0.1, 0.15) is 10.6 Å². The first kappa shape index (κ1) is 13.7. The van der Waals surface area contributed by atoms with Crippen molar-refractivity contribution in [3.05, 3.63) is 27.2 Å². The molecule has 0 bridgehead atoms. The van der Waals surface area contributed by atoms with Crippen LogP contribution in [0.5, 0.6) is 0 Å². The van der Waals surface area contributed by atoms with E-state index in [9.17, 15) is 9.59 Å². The molecule has 1 N–H and O–H groups in total. The Labute approximate surface area is 114 Å². The molecule has 6 nitrogen and oxygen atoms in total. The fourth-order valence-electron chi connectivity index (χ4n) is 1.78. The summed E-state index contributed by atoms with van der Waals surface area (Å²) < 4.78 is 6.31. The van der Waals surface area contributed by atoms with Crippen molar-refractivity contribution in [1.82, 2.24) is 14.6 Å². The number of aromatic nitrogens is 3. The zero-order valence-corrected chi connectivity index (χ0v) is 12.1. The number of aryl methyl sites for hydroxylation is 1. The van der Waals surface area contributed by atoms with Crippen molar-refractivity contribution in [2.24, 2.45) is 0 Å². The molecule has 0 fully saturated rings. The van der Waals surface area contributed by atoms with Crippen LogP contribution >= 0.6 is 11.8 Å². The quantitative estimate of drug-likeness (QED) is 0.682. The Kier molecular flexibility index (Phi) is 3.66. The first-order chi connectivity index (χ1) is 9.01. The van der Waals surface area contributed by atoms with Crippen LogP contribution in [0.15, 0.2) is 9.82 Å². The second kappa shape index (κ2) is 5.08. The highest BCUT2D eigenvalue weighted by Crippen LogP contribution is 2.23. The third kappa shape index (κ3) is 2.14. The van der Waals surface area contributed by atoms with Crippen LogP contribution in [-0.2, 0) is 4.74 Å². The van der Waals surface area contributed by atoms with E-state index in [-0.39, 0.29) is 12.2 Å². The summed E-state index contributed by atoms with van der Waals surface area (Å²) in [6.07, 6.45) is 1.82. The van der Waals surface area contributed by atoms with Crippen LogP contribution < -0.4 is 5.56 Å². The van der Waals surface area contributed by atoms with Gasteiger partial charge in [-0.25, -0.2) is 9.78 Å². The fourth-order valence-corrected chi connectivity index (χ4v) is 2.34. The van der Waals surface area contributed by atoms with Crippen LogP contribution in [0.3, 0.4) is 0 Å². The summed E-state index contributed by atoms with van der Waals surface area (Å²) in [5.41, 5.74) is 1.60. The molecule has 0 aliphatic carbocycles. The molecule has 2 heterocycles. The summed E-state index contributed by atoms with van der Waals surface area (Å²) in [5, 5.41) is 3.47. The minimum Gasteiger partial charge on any atom is -0.462 e. The normalized spacial score (nSPS) is 10.9. The van der Waals surface area contributed by atoms with Gasteiger partial charge >= 0.3 is 5.97 Å². The first-order valence-electron chi connectivity index (χ1n) is 5.84. The molecule has 0 saturated heterocycles. The highest BCUT2D eigenvalue weighted by atomic mass is 32.2. The molecule has 0 aromatic carbocycles. The van der Waals surface area contributed by atoms with Gasteiger partial charge in [0.2, 0.25) is 0 Å². The molecule has 0 saturated carbocycles. The van der Waals surface area contributed by atoms with E-state index < -0.39 is 5.97 Å². The van der Waals surface area contributed by atoms with Crippen LogP contribution in [0.25, 0.3) is 5.65 Å². The Bertz CT molecular complexity index is 702. The minimum atomic E-state index is -0.472. The summed E-state index contributed by atoms with van der Waals surface area (Å²) >= 11 is 1.34. The molecule has 0 radical (unpaired) electrons. The number of nitrogens with zero attached hydrogens (tertiary/aromatic N) is 2. The monoisotopic (exact) mass is 281 g/mol. The standard InChI is InChI=1S/C12H15N3O3S/c1-5-18-12(17)8-9-13-7(3)6(2)11(16)15(9)14-10(8)19-4/h14H,5H2,1-4H3. The molecule has 102 valence electrons. The number of esters is 1. The minimum absolute atomic E-state index is 0.201. The fraction of sp³-hybridized carbons (Fsp3) is 0.417. The molecular formula is C12H15N3O3S. The number of aromatic amines is 1. The smallest absolute Gasteiger partial charge is 0.344 e. The lowest BCUT2D eigenvalue weighted by Gasteiger charge is -2.02. The number of carbonyl (C=O) groups is 1. The van der Waals surface area contributed by atoms with Crippen LogP contribution in [0, 0.1) is 13.8 Å². The second-order valence-electron chi connectivity index (χ2n) is 4.03. The average Bonchev–Trinajstić information content (AvgIpc) is 2.75. The lowest BCUT2D eigenvalue weighted by molar-refractivity contribution is 0.0524. The molecule has 0 unspecified atom stereocenters. The average molecular weight is 281 g/mol. The van der Waals surface area contributed by atoms with Gasteiger partial charge in [0.15, 0.2) is 5.65 Å². The van der Waals surface area contributed by atoms with Gasteiger partial charge in [0.05, 0.1) is 6.61 Å². The Morgan fingerprint density at radius 1 is 1.47 bits per heavy atom. The van der Waals surface area contributed by atoms with Gasteiger partial charge in [-0.2, -0.15) is 4.52 Å². The van der Waals surface area contributed by atoms with E-state index in [0.29, 0.717) is 27.5 Å². The summed E-state index contributed by atoms with van der Waals surface area (Å²) in [6, 6.07) is 0. The predicted octanol–water partition coefficient (Wildman–Crippen LogP) is 1.54. The van der Waals surface area contributed by atoms with Crippen LogP contribution in [0.1, 0.15) is 28.5 Å². The number of nitrogens with one attached hydrogen (secondary N) is 1. The van der Waals surface area contributed by atoms with Gasteiger partial charge < -0.3 is 4.74 Å². The van der Waals surface area contributed by atoms with Crippen molar-refractivity contribution >= 4 is 23.4 Å². The third-order valence-electron chi connectivity index (χ3n) is 2.90. The van der Waals surface area contributed by atoms with Crippen molar-refractivity contribution in [2.45, 2.75) is 25.8 Å². The lowest BCUT2D eigenvalue weighted by atomic mass is 10.2. The highest BCUT2D eigenvalue weighted by Gasteiger charge is 2.22. The van der Waals surface area contributed by atoms with Gasteiger partial charge in [0, 0.05) is 11.3 Å². The third-order valence-corrected chi connectivity index (χ3v) is 3.60. The number of hydrogen-bond acceptors (Lipinski definition) is 5. The van der Waals surface area contributed by atoms with Gasteiger partial charge in [-0.1, -0.05) is 0 Å². The summed E-state index contributed by atoms with van der Waals surface area (Å²) in [4.78, 5) is 28.5. The zero-order chi connectivity index (χ0) is 14.2. The number of carbonyl (C=O) groups excluding carboxylic acids is 1. The van der Waals surface area contributed by atoms with Gasteiger partial charge in [0.25, 0.3) is 5.56 Å². The molecule has 2 aromatic heterocycles. The van der Waals surface area contributed by atoms with E-state index in [1.807, 2.05) is 6.26 Å². The maximum Gasteiger partial charge on any atom is 0.344 e. The van der Waals surface area contributed by atoms with E-state index >= 15 is 0 Å². The van der Waals surface area contributed by atoms with Crippen molar-refractivity contribution in [2.75, 3.05) is 12.9 Å². The van der Waals surface area contributed by atoms with Crippen molar-refractivity contribution in [1.29, 1.82) is 0 Å². The van der Waals surface area contributed by atoms with Crippen molar-refractivity contribution in [3.8, 4) is 0 Å². The number of H-pyrrole nitrogens is 1. The summed E-state index contributed by atoms with van der Waals surface area (Å²) in [7, 11) is 0. The predicted molar refractivity (Wildman–Crippen MR) is 73.0 cm³/mol. The van der Waals surface area contributed by atoms with Crippen LogP contribution in [0.4, 0.5) is 0 Å². The van der Waals surface area contributed by atoms with E-state index in [1.54, 1.807) is 20.8 Å². The van der Waals surface area contributed by atoms with E-state index in [1.165, 1.54) is 16.3 Å². The summed E-state index contributed by atoms with van der Waals surface area (Å²) in [5.74, 6) is -0.472. The lowest BCUT2D eigenvalue weighted by Crippen LogP contribution is -2.20. The SMILES string of the molecule is CCOC(=O)c1c(SC)[nH]n2c(=O)c(C)c(C)nc12. The number of ether oxygens (including phenoxy) is 1. The Balaban J connectivity index is 2.82. The number of fused-ring (bicyclic) bond motifs is 1. The molecule has 19 heavy (non-hydrogen) atoms. The maximum atomic E-state index is 12.1. The Morgan fingerprint density at radius 2 is 2.16 bits per heavy atom. The van der Waals surface area contributed by atoms with E-state index in [0.717, 1.165) is 0 Å². The van der Waals surface area contributed by atoms with E-state index in [4.69, 9.17) is 4.74 Å². The van der Waals surface area contributed by atoms with Crippen molar-refractivity contribution in [3.63, 3.8) is 0 Å². The maximum absolute atomic E-state index is 12.1. The van der Waals surface area contributed by atoms with Gasteiger partial charge in [-0.3, -0.25) is 9.89 Å². The summed E-state index contributed by atoms with van der Waals surface area (Å²) in [6.45, 7) is 5.47. The first-order valence-corrected chi connectivity index (χ1v) is 7.06. The molecule has 0 aliphatic rings. The Hall–Kier alpha value is -1.76. The molecule has 2 aromatic rings. The molecule has 7 heteroatoms. The van der Waals surface area contributed by atoms with Crippen LogP contribution in [-0.4, -0.2) is 33.4 Å². The largest absolute Gasteiger partial charge is 0.462 e. The van der Waals surface area contributed by atoms with Gasteiger partial charge in [-0.15, -0.1) is 11.8 Å². The molecule has 0 amide bonds. The number of rotatable bonds is 3. The molecular weight excluding hydrogens is 266 g/mol. The van der Waals surface area contributed by atoms with Crippen molar-refractivity contribution < 1.29 is 9.53 Å². The molecule has 0 spiro atoms. The number of thioether (sulfide) groups is 1. The molecule has 2 rings (SSSR count).